The lowest BCUT2D eigenvalue weighted by molar-refractivity contribution is 0.0917. The van der Waals surface area contributed by atoms with Gasteiger partial charge in [0.1, 0.15) is 13.2 Å². The highest BCUT2D eigenvalue weighted by Crippen LogP contribution is 2.32. The van der Waals surface area contributed by atoms with E-state index < -0.39 is 0 Å². The number of hydrogen-bond acceptors (Lipinski definition) is 4. The standard InChI is InChI=1S/C15H23NO3/c1-11(2)9-17-10-13(16-3)12-4-5-14-15(8-12)19-7-6-18-14/h4-5,8,11,13,16H,6-7,9-10H2,1-3H3. The van der Waals surface area contributed by atoms with Crippen LogP contribution in [0.25, 0.3) is 0 Å². The van der Waals surface area contributed by atoms with Gasteiger partial charge >= 0.3 is 0 Å². The fraction of sp³-hybridized carbons (Fsp3) is 0.600. The topological polar surface area (TPSA) is 39.7 Å². The SMILES string of the molecule is CNC(COCC(C)C)c1ccc2c(c1)OCCO2. The zero-order valence-electron chi connectivity index (χ0n) is 11.9. The molecule has 0 amide bonds. The average Bonchev–Trinajstić information content (AvgIpc) is 2.43. The first-order valence-corrected chi connectivity index (χ1v) is 6.85. The fourth-order valence-electron chi connectivity index (χ4n) is 2.04. The summed E-state index contributed by atoms with van der Waals surface area (Å²) in [5.74, 6) is 2.21. The van der Waals surface area contributed by atoms with Crippen LogP contribution in [-0.4, -0.2) is 33.5 Å². The molecular formula is C15H23NO3. The Kier molecular flexibility index (Phi) is 5.05. The van der Waals surface area contributed by atoms with E-state index in [1.165, 1.54) is 0 Å². The molecule has 0 saturated heterocycles. The van der Waals surface area contributed by atoms with Crippen molar-refractivity contribution in [3.8, 4) is 11.5 Å². The van der Waals surface area contributed by atoms with Crippen LogP contribution >= 0.6 is 0 Å². The Hall–Kier alpha value is -1.26. The molecule has 1 aromatic rings. The van der Waals surface area contributed by atoms with Gasteiger partial charge in [0.2, 0.25) is 0 Å². The second-order valence-electron chi connectivity index (χ2n) is 5.18. The Labute approximate surface area is 115 Å². The third kappa shape index (κ3) is 3.85. The summed E-state index contributed by atoms with van der Waals surface area (Å²) in [6, 6.07) is 6.24. The van der Waals surface area contributed by atoms with Gasteiger partial charge in [-0.3, -0.25) is 0 Å². The summed E-state index contributed by atoms with van der Waals surface area (Å²) in [6.07, 6.45) is 0. The number of fused-ring (bicyclic) bond motifs is 1. The average molecular weight is 265 g/mol. The quantitative estimate of drug-likeness (QED) is 0.857. The smallest absolute Gasteiger partial charge is 0.161 e. The van der Waals surface area contributed by atoms with E-state index in [9.17, 15) is 0 Å². The molecule has 1 atom stereocenters. The first kappa shape index (κ1) is 14.2. The van der Waals surface area contributed by atoms with E-state index in [1.807, 2.05) is 19.2 Å². The number of ether oxygens (including phenoxy) is 3. The Bertz CT molecular complexity index is 406. The molecule has 1 aromatic carbocycles. The molecule has 1 aliphatic rings. The van der Waals surface area contributed by atoms with Crippen molar-refractivity contribution in [1.29, 1.82) is 0 Å². The van der Waals surface area contributed by atoms with E-state index in [0.29, 0.717) is 25.7 Å². The monoisotopic (exact) mass is 265 g/mol. The van der Waals surface area contributed by atoms with Crippen molar-refractivity contribution < 1.29 is 14.2 Å². The van der Waals surface area contributed by atoms with Gasteiger partial charge in [0, 0.05) is 6.61 Å². The molecule has 0 bridgehead atoms. The van der Waals surface area contributed by atoms with Gasteiger partial charge in [-0.05, 0) is 30.7 Å². The zero-order chi connectivity index (χ0) is 13.7. The molecule has 1 aliphatic heterocycles. The summed E-state index contributed by atoms with van der Waals surface area (Å²) in [5.41, 5.74) is 1.16. The van der Waals surface area contributed by atoms with Crippen LogP contribution in [0.1, 0.15) is 25.5 Å². The number of nitrogens with one attached hydrogen (secondary N) is 1. The van der Waals surface area contributed by atoms with Crippen LogP contribution in [0.15, 0.2) is 18.2 Å². The third-order valence-corrected chi connectivity index (χ3v) is 3.05. The maximum atomic E-state index is 5.71. The maximum absolute atomic E-state index is 5.71. The number of rotatable bonds is 6. The summed E-state index contributed by atoms with van der Waals surface area (Å²) < 4.78 is 16.8. The molecule has 0 spiro atoms. The first-order valence-electron chi connectivity index (χ1n) is 6.85. The van der Waals surface area contributed by atoms with Gasteiger partial charge in [0.25, 0.3) is 0 Å². The molecule has 0 radical (unpaired) electrons. The predicted octanol–water partition coefficient (Wildman–Crippen LogP) is 2.39. The fourth-order valence-corrected chi connectivity index (χ4v) is 2.04. The van der Waals surface area contributed by atoms with Crippen molar-refractivity contribution in [3.05, 3.63) is 23.8 Å². The molecule has 0 saturated carbocycles. The van der Waals surface area contributed by atoms with Crippen LogP contribution in [0.5, 0.6) is 11.5 Å². The maximum Gasteiger partial charge on any atom is 0.161 e. The van der Waals surface area contributed by atoms with Crippen molar-refractivity contribution >= 4 is 0 Å². The molecule has 1 heterocycles. The van der Waals surface area contributed by atoms with Crippen LogP contribution in [-0.2, 0) is 4.74 Å². The van der Waals surface area contributed by atoms with Gasteiger partial charge in [-0.2, -0.15) is 0 Å². The number of hydrogen-bond donors (Lipinski definition) is 1. The van der Waals surface area contributed by atoms with Crippen LogP contribution in [0.4, 0.5) is 0 Å². The summed E-state index contributed by atoms with van der Waals surface area (Å²) >= 11 is 0. The summed E-state index contributed by atoms with van der Waals surface area (Å²) in [7, 11) is 1.94. The van der Waals surface area contributed by atoms with Gasteiger partial charge < -0.3 is 19.5 Å². The Morgan fingerprint density at radius 2 is 1.89 bits per heavy atom. The zero-order valence-corrected chi connectivity index (χ0v) is 11.9. The predicted molar refractivity (Wildman–Crippen MR) is 74.9 cm³/mol. The second-order valence-corrected chi connectivity index (χ2v) is 5.18. The van der Waals surface area contributed by atoms with Crippen molar-refractivity contribution in [2.75, 3.05) is 33.5 Å². The minimum Gasteiger partial charge on any atom is -0.486 e. The number of likely N-dealkylation sites (N-methyl/N-ethyl adjacent to an activating group) is 1. The van der Waals surface area contributed by atoms with Crippen molar-refractivity contribution in [1.82, 2.24) is 5.32 Å². The lowest BCUT2D eigenvalue weighted by Crippen LogP contribution is -2.23. The lowest BCUT2D eigenvalue weighted by atomic mass is 10.1. The van der Waals surface area contributed by atoms with Crippen LogP contribution in [0.2, 0.25) is 0 Å². The van der Waals surface area contributed by atoms with E-state index in [2.05, 4.69) is 25.2 Å². The number of benzene rings is 1. The highest BCUT2D eigenvalue weighted by atomic mass is 16.6. The van der Waals surface area contributed by atoms with Gasteiger partial charge in [-0.1, -0.05) is 19.9 Å². The minimum atomic E-state index is 0.176. The van der Waals surface area contributed by atoms with Crippen molar-refractivity contribution in [2.24, 2.45) is 5.92 Å². The minimum absolute atomic E-state index is 0.176. The van der Waals surface area contributed by atoms with Gasteiger partial charge in [0.05, 0.1) is 12.6 Å². The van der Waals surface area contributed by atoms with Crippen LogP contribution in [0, 0.1) is 5.92 Å². The Morgan fingerprint density at radius 1 is 1.16 bits per heavy atom. The molecule has 106 valence electrons. The summed E-state index contributed by atoms with van der Waals surface area (Å²) in [4.78, 5) is 0. The van der Waals surface area contributed by atoms with E-state index in [1.54, 1.807) is 0 Å². The van der Waals surface area contributed by atoms with Crippen LogP contribution in [0.3, 0.4) is 0 Å². The first-order chi connectivity index (χ1) is 9.20. The molecule has 1 N–H and O–H groups in total. The van der Waals surface area contributed by atoms with Crippen molar-refractivity contribution in [2.45, 2.75) is 19.9 Å². The summed E-state index contributed by atoms with van der Waals surface area (Å²) in [5, 5.41) is 3.28. The molecule has 0 fully saturated rings. The molecular weight excluding hydrogens is 242 g/mol. The molecule has 4 heteroatoms. The normalized spacial score (nSPS) is 15.6. The Morgan fingerprint density at radius 3 is 2.58 bits per heavy atom. The van der Waals surface area contributed by atoms with Crippen molar-refractivity contribution in [3.63, 3.8) is 0 Å². The largest absolute Gasteiger partial charge is 0.486 e. The third-order valence-electron chi connectivity index (χ3n) is 3.05. The van der Waals surface area contributed by atoms with Gasteiger partial charge in [-0.15, -0.1) is 0 Å². The van der Waals surface area contributed by atoms with E-state index >= 15 is 0 Å². The molecule has 0 aromatic heterocycles. The summed E-state index contributed by atoms with van der Waals surface area (Å²) in [6.45, 7) is 6.98. The van der Waals surface area contributed by atoms with E-state index in [0.717, 1.165) is 23.7 Å². The highest BCUT2D eigenvalue weighted by molar-refractivity contribution is 5.44. The van der Waals surface area contributed by atoms with Gasteiger partial charge in [0.15, 0.2) is 11.5 Å². The molecule has 1 unspecified atom stereocenters. The van der Waals surface area contributed by atoms with E-state index in [4.69, 9.17) is 14.2 Å². The van der Waals surface area contributed by atoms with Crippen LogP contribution < -0.4 is 14.8 Å². The molecule has 19 heavy (non-hydrogen) atoms. The van der Waals surface area contributed by atoms with E-state index in [-0.39, 0.29) is 6.04 Å². The molecule has 2 rings (SSSR count). The lowest BCUT2D eigenvalue weighted by Gasteiger charge is -2.22. The molecule has 4 nitrogen and oxygen atoms in total. The Balaban J connectivity index is 2.01. The highest BCUT2D eigenvalue weighted by Gasteiger charge is 2.16. The molecule has 0 aliphatic carbocycles. The van der Waals surface area contributed by atoms with Gasteiger partial charge in [-0.25, -0.2) is 0 Å². The second kappa shape index (κ2) is 6.78.